The number of amides is 1. The van der Waals surface area contributed by atoms with Crippen LogP contribution in [-0.2, 0) is 4.79 Å². The Kier molecular flexibility index (Phi) is 4.12. The van der Waals surface area contributed by atoms with Gasteiger partial charge in [0, 0.05) is 19.6 Å². The van der Waals surface area contributed by atoms with Gasteiger partial charge < -0.3 is 9.84 Å². The highest BCUT2D eigenvalue weighted by molar-refractivity contribution is 7.13. The zero-order valence-corrected chi connectivity index (χ0v) is 12.3. The number of carbonyl (C=O) groups excluding carboxylic acids is 1. The number of nitrogens with zero attached hydrogens (tertiary/aromatic N) is 3. The molecule has 3 heterocycles. The van der Waals surface area contributed by atoms with Gasteiger partial charge in [0.05, 0.1) is 17.3 Å². The molecule has 0 aromatic carbocycles. The molecule has 0 unspecified atom stereocenters. The van der Waals surface area contributed by atoms with Crippen LogP contribution >= 0.6 is 11.3 Å². The Morgan fingerprint density at radius 1 is 1.62 bits per heavy atom. The van der Waals surface area contributed by atoms with Crippen molar-refractivity contribution >= 4 is 17.2 Å². The van der Waals surface area contributed by atoms with E-state index < -0.39 is 0 Å². The molecule has 0 atom stereocenters. The summed E-state index contributed by atoms with van der Waals surface area (Å²) in [7, 11) is 0. The summed E-state index contributed by atoms with van der Waals surface area (Å²) in [6, 6.07) is 3.93. The number of carbonyl (C=O) groups is 1. The Hall–Kier alpha value is -1.99. The van der Waals surface area contributed by atoms with Crippen molar-refractivity contribution in [3.8, 4) is 10.7 Å². The van der Waals surface area contributed by atoms with Crippen LogP contribution in [0.25, 0.3) is 10.7 Å². The van der Waals surface area contributed by atoms with E-state index in [2.05, 4.69) is 26.9 Å². The van der Waals surface area contributed by atoms with Gasteiger partial charge in [-0.25, -0.2) is 0 Å². The number of aromatic nitrogens is 2. The summed E-state index contributed by atoms with van der Waals surface area (Å²) < 4.78 is 5.32. The highest BCUT2D eigenvalue weighted by atomic mass is 32.1. The Bertz CT molecular complexity index is 617. The molecule has 7 heteroatoms. The molecule has 21 heavy (non-hydrogen) atoms. The lowest BCUT2D eigenvalue weighted by atomic mass is 10.0. The third kappa shape index (κ3) is 3.20. The van der Waals surface area contributed by atoms with Crippen molar-refractivity contribution in [2.45, 2.75) is 5.92 Å². The summed E-state index contributed by atoms with van der Waals surface area (Å²) in [4.78, 5) is 19.0. The van der Waals surface area contributed by atoms with Crippen molar-refractivity contribution < 1.29 is 9.32 Å². The smallest absolute Gasteiger partial charge is 0.234 e. The average molecular weight is 304 g/mol. The molecule has 1 saturated heterocycles. The Labute approximate surface area is 126 Å². The van der Waals surface area contributed by atoms with Crippen LogP contribution in [0.5, 0.6) is 0 Å². The molecule has 0 radical (unpaired) electrons. The fraction of sp³-hybridized carbons (Fsp3) is 0.357. The normalized spacial score (nSPS) is 15.6. The lowest BCUT2D eigenvalue weighted by molar-refractivity contribution is -0.123. The molecule has 110 valence electrons. The van der Waals surface area contributed by atoms with Gasteiger partial charge >= 0.3 is 0 Å². The van der Waals surface area contributed by atoms with E-state index in [0.717, 1.165) is 18.0 Å². The molecule has 2 aromatic heterocycles. The van der Waals surface area contributed by atoms with E-state index in [-0.39, 0.29) is 11.8 Å². The minimum absolute atomic E-state index is 0.0122. The predicted molar refractivity (Wildman–Crippen MR) is 80.0 cm³/mol. The first-order valence-corrected chi connectivity index (χ1v) is 7.61. The number of thiophene rings is 1. The van der Waals surface area contributed by atoms with E-state index >= 15 is 0 Å². The minimum Gasteiger partial charge on any atom is -0.352 e. The SMILES string of the molecule is C=CCNC(=O)CN1CC(c2nc(-c3cccs3)no2)C1. The maximum Gasteiger partial charge on any atom is 0.234 e. The van der Waals surface area contributed by atoms with Gasteiger partial charge in [-0.15, -0.1) is 17.9 Å². The van der Waals surface area contributed by atoms with E-state index in [4.69, 9.17) is 4.52 Å². The zero-order valence-electron chi connectivity index (χ0n) is 11.5. The van der Waals surface area contributed by atoms with E-state index in [9.17, 15) is 4.79 Å². The highest BCUT2D eigenvalue weighted by Gasteiger charge is 2.33. The monoisotopic (exact) mass is 304 g/mol. The maximum absolute atomic E-state index is 11.6. The van der Waals surface area contributed by atoms with Gasteiger partial charge in [0.2, 0.25) is 17.6 Å². The third-order valence-electron chi connectivity index (χ3n) is 3.30. The summed E-state index contributed by atoms with van der Waals surface area (Å²) in [5.41, 5.74) is 0. The van der Waals surface area contributed by atoms with Crippen molar-refractivity contribution in [2.24, 2.45) is 0 Å². The number of hydrogen-bond acceptors (Lipinski definition) is 6. The molecule has 6 nitrogen and oxygen atoms in total. The van der Waals surface area contributed by atoms with E-state index in [1.165, 1.54) is 0 Å². The van der Waals surface area contributed by atoms with Crippen LogP contribution in [0.2, 0.25) is 0 Å². The van der Waals surface area contributed by atoms with Gasteiger partial charge in [-0.2, -0.15) is 4.98 Å². The quantitative estimate of drug-likeness (QED) is 0.819. The van der Waals surface area contributed by atoms with Gasteiger partial charge in [0.25, 0.3) is 0 Å². The van der Waals surface area contributed by atoms with Crippen LogP contribution in [0.4, 0.5) is 0 Å². The Morgan fingerprint density at radius 3 is 3.19 bits per heavy atom. The van der Waals surface area contributed by atoms with E-state index in [1.54, 1.807) is 17.4 Å². The van der Waals surface area contributed by atoms with Crippen molar-refractivity contribution in [1.82, 2.24) is 20.4 Å². The van der Waals surface area contributed by atoms with Crippen molar-refractivity contribution in [2.75, 3.05) is 26.2 Å². The zero-order chi connectivity index (χ0) is 14.7. The van der Waals surface area contributed by atoms with Gasteiger partial charge in [-0.3, -0.25) is 9.69 Å². The van der Waals surface area contributed by atoms with Crippen LogP contribution < -0.4 is 5.32 Å². The molecule has 1 amide bonds. The van der Waals surface area contributed by atoms with Gasteiger partial charge in [-0.05, 0) is 11.4 Å². The predicted octanol–water partition coefficient (Wildman–Crippen LogP) is 1.50. The largest absolute Gasteiger partial charge is 0.352 e. The summed E-state index contributed by atoms with van der Waals surface area (Å²) in [5, 5.41) is 8.75. The van der Waals surface area contributed by atoms with Crippen molar-refractivity contribution in [1.29, 1.82) is 0 Å². The molecular weight excluding hydrogens is 288 g/mol. The fourth-order valence-corrected chi connectivity index (χ4v) is 2.86. The molecule has 1 aliphatic heterocycles. The average Bonchev–Trinajstić information content (AvgIpc) is 3.09. The van der Waals surface area contributed by atoms with Crippen LogP contribution in [-0.4, -0.2) is 47.1 Å². The van der Waals surface area contributed by atoms with Gasteiger partial charge in [0.15, 0.2) is 0 Å². The number of nitrogens with one attached hydrogen (secondary N) is 1. The van der Waals surface area contributed by atoms with Gasteiger partial charge in [0.1, 0.15) is 0 Å². The second-order valence-corrected chi connectivity index (χ2v) is 5.86. The molecule has 0 aliphatic carbocycles. The molecule has 1 aliphatic rings. The Balaban J connectivity index is 1.50. The topological polar surface area (TPSA) is 71.3 Å². The first kappa shape index (κ1) is 14.0. The molecule has 3 rings (SSSR count). The standard InChI is InChI=1S/C14H16N4O2S/c1-2-5-15-12(19)9-18-7-10(8-18)14-16-13(17-20-14)11-4-3-6-21-11/h2-4,6,10H,1,5,7-9H2,(H,15,19). The van der Waals surface area contributed by atoms with E-state index in [0.29, 0.717) is 24.8 Å². The first-order valence-electron chi connectivity index (χ1n) is 6.73. The second-order valence-electron chi connectivity index (χ2n) is 4.92. The molecule has 0 spiro atoms. The summed E-state index contributed by atoms with van der Waals surface area (Å²) in [6.45, 7) is 6.01. The lowest BCUT2D eigenvalue weighted by Crippen LogP contribution is -2.49. The van der Waals surface area contributed by atoms with Crippen LogP contribution in [0.3, 0.4) is 0 Å². The van der Waals surface area contributed by atoms with Crippen LogP contribution in [0.15, 0.2) is 34.7 Å². The highest BCUT2D eigenvalue weighted by Crippen LogP contribution is 2.28. The number of hydrogen-bond donors (Lipinski definition) is 1. The Morgan fingerprint density at radius 2 is 2.48 bits per heavy atom. The second kappa shape index (κ2) is 6.19. The number of rotatable bonds is 6. The molecule has 1 N–H and O–H groups in total. The van der Waals surface area contributed by atoms with Crippen LogP contribution in [0, 0.1) is 0 Å². The summed E-state index contributed by atoms with van der Waals surface area (Å²) in [5.74, 6) is 1.53. The fourth-order valence-electron chi connectivity index (χ4n) is 2.21. The van der Waals surface area contributed by atoms with Crippen molar-refractivity contribution in [3.05, 3.63) is 36.1 Å². The molecule has 0 bridgehead atoms. The van der Waals surface area contributed by atoms with Crippen LogP contribution in [0.1, 0.15) is 11.8 Å². The molecule has 0 saturated carbocycles. The first-order chi connectivity index (χ1) is 10.3. The van der Waals surface area contributed by atoms with E-state index in [1.807, 2.05) is 17.5 Å². The third-order valence-corrected chi connectivity index (χ3v) is 4.17. The molecule has 1 fully saturated rings. The lowest BCUT2D eigenvalue weighted by Gasteiger charge is -2.36. The maximum atomic E-state index is 11.6. The minimum atomic E-state index is 0.0122. The molecule has 2 aromatic rings. The molecular formula is C14H16N4O2S. The number of likely N-dealkylation sites (tertiary alicyclic amines) is 1. The summed E-state index contributed by atoms with van der Waals surface area (Å²) in [6.07, 6.45) is 1.67. The van der Waals surface area contributed by atoms with Gasteiger partial charge in [-0.1, -0.05) is 17.3 Å². The van der Waals surface area contributed by atoms with Crippen molar-refractivity contribution in [3.63, 3.8) is 0 Å². The summed E-state index contributed by atoms with van der Waals surface area (Å²) >= 11 is 1.59.